The van der Waals surface area contributed by atoms with Crippen LogP contribution in [-0.2, 0) is 14.3 Å². The molecule has 7 nitrogen and oxygen atoms in total. The summed E-state index contributed by atoms with van der Waals surface area (Å²) in [5, 5.41) is 6.95. The maximum Gasteiger partial charge on any atom is 0.316 e. The molecule has 1 aliphatic heterocycles. The molecule has 32 heavy (non-hydrogen) atoms. The predicted octanol–water partition coefficient (Wildman–Crippen LogP) is 4.70. The normalized spacial score (nSPS) is 22.0. The van der Waals surface area contributed by atoms with Gasteiger partial charge in [-0.05, 0) is 42.2 Å². The number of nitrogens with one attached hydrogen (secondary N) is 2. The summed E-state index contributed by atoms with van der Waals surface area (Å²) in [7, 11) is 4.45. The average Bonchev–Trinajstić information content (AvgIpc) is 2.95. The van der Waals surface area contributed by atoms with Gasteiger partial charge in [0.1, 0.15) is 5.92 Å². The Balaban J connectivity index is 1.92. The first-order chi connectivity index (χ1) is 15.4. The zero-order chi connectivity index (χ0) is 23.0. The minimum Gasteiger partial charge on any atom is -0.493 e. The second kappa shape index (κ2) is 8.86. The second-order valence-corrected chi connectivity index (χ2v) is 8.77. The van der Waals surface area contributed by atoms with E-state index in [9.17, 15) is 9.59 Å². The van der Waals surface area contributed by atoms with Gasteiger partial charge in [-0.2, -0.15) is 0 Å². The van der Waals surface area contributed by atoms with Crippen LogP contribution in [0.3, 0.4) is 0 Å². The number of rotatable bonds is 4. The lowest BCUT2D eigenvalue weighted by Crippen LogP contribution is -2.39. The Hall–Kier alpha value is -3.00. The lowest BCUT2D eigenvalue weighted by atomic mass is 9.75. The lowest BCUT2D eigenvalue weighted by Gasteiger charge is -2.33. The smallest absolute Gasteiger partial charge is 0.316 e. The van der Waals surface area contributed by atoms with Gasteiger partial charge >= 0.3 is 5.97 Å². The van der Waals surface area contributed by atoms with Gasteiger partial charge in [-0.3, -0.25) is 9.59 Å². The van der Waals surface area contributed by atoms with Crippen LogP contribution in [0.25, 0.3) is 0 Å². The van der Waals surface area contributed by atoms with E-state index in [1.807, 2.05) is 43.3 Å². The van der Waals surface area contributed by atoms with Crippen LogP contribution in [-0.4, -0.2) is 33.1 Å². The molecule has 168 valence electrons. The van der Waals surface area contributed by atoms with E-state index in [0.29, 0.717) is 23.5 Å². The van der Waals surface area contributed by atoms with E-state index in [0.717, 1.165) is 27.1 Å². The first kappa shape index (κ1) is 22.2. The topological polar surface area (TPSA) is 85.9 Å². The summed E-state index contributed by atoms with van der Waals surface area (Å²) in [5.74, 6) is -0.696. The Morgan fingerprint density at radius 3 is 2.38 bits per heavy atom. The van der Waals surface area contributed by atoms with Crippen molar-refractivity contribution in [1.82, 2.24) is 0 Å². The fourth-order valence-electron chi connectivity index (χ4n) is 4.46. The molecule has 0 fully saturated rings. The van der Waals surface area contributed by atoms with Gasteiger partial charge in [0.15, 0.2) is 17.3 Å². The standard InChI is InChI=1S/C24H25BrN2O5/c1-12-9-17-21(23(28)20(12)24(29)32-4)22(27-16-8-6-5-7-15(16)26-17)13-10-18(30-2)19(31-3)11-14(13)25/h5-8,10-12,20,22,26-27H,9H2,1-4H3/t12-,20+,22-/m1/s1. The van der Waals surface area contributed by atoms with Crippen molar-refractivity contribution in [3.05, 3.63) is 57.7 Å². The maximum atomic E-state index is 13.7. The monoisotopic (exact) mass is 500 g/mol. The SMILES string of the molecule is COC(=O)[C@@H]1C(=O)C2=C(C[C@H]1C)Nc1ccccc1N[C@@H]2c1cc(OC)c(OC)cc1Br. The molecular weight excluding hydrogens is 476 g/mol. The van der Waals surface area contributed by atoms with Crippen molar-refractivity contribution in [1.29, 1.82) is 0 Å². The number of methoxy groups -OCH3 is 3. The molecule has 0 bridgehead atoms. The second-order valence-electron chi connectivity index (χ2n) is 7.92. The number of ketones is 1. The highest BCUT2D eigenvalue weighted by atomic mass is 79.9. The van der Waals surface area contributed by atoms with Crippen molar-refractivity contribution < 1.29 is 23.8 Å². The third-order valence-electron chi connectivity index (χ3n) is 6.04. The molecule has 2 aromatic rings. The molecule has 0 unspecified atom stereocenters. The first-order valence-electron chi connectivity index (χ1n) is 10.3. The number of halogens is 1. The zero-order valence-corrected chi connectivity index (χ0v) is 19.9. The summed E-state index contributed by atoms with van der Waals surface area (Å²) in [6, 6.07) is 10.9. The molecule has 8 heteroatoms. The molecule has 3 atom stereocenters. The molecule has 0 aromatic heterocycles. The van der Waals surface area contributed by atoms with Crippen molar-refractivity contribution in [3.8, 4) is 11.5 Å². The van der Waals surface area contributed by atoms with Crippen LogP contribution in [0.4, 0.5) is 11.4 Å². The summed E-state index contributed by atoms with van der Waals surface area (Å²) < 4.78 is 16.6. The van der Waals surface area contributed by atoms with E-state index < -0.39 is 17.9 Å². The number of hydrogen-bond acceptors (Lipinski definition) is 7. The Morgan fingerprint density at radius 2 is 1.72 bits per heavy atom. The molecule has 0 saturated heterocycles. The highest BCUT2D eigenvalue weighted by molar-refractivity contribution is 9.10. The third-order valence-corrected chi connectivity index (χ3v) is 6.73. The number of para-hydroxylation sites is 2. The van der Waals surface area contributed by atoms with E-state index in [1.54, 1.807) is 14.2 Å². The highest BCUT2D eigenvalue weighted by Crippen LogP contribution is 2.46. The van der Waals surface area contributed by atoms with Crippen LogP contribution in [0, 0.1) is 11.8 Å². The van der Waals surface area contributed by atoms with E-state index in [2.05, 4.69) is 26.6 Å². The third kappa shape index (κ3) is 3.72. The molecule has 1 heterocycles. The number of Topliss-reactive ketones (excluding diaryl/α,β-unsaturated/α-hetero) is 1. The van der Waals surface area contributed by atoms with Crippen LogP contribution in [0.2, 0.25) is 0 Å². The van der Waals surface area contributed by atoms with Crippen LogP contribution in [0.5, 0.6) is 11.5 Å². The van der Waals surface area contributed by atoms with Gasteiger partial charge in [-0.25, -0.2) is 0 Å². The van der Waals surface area contributed by atoms with Gasteiger partial charge in [0.2, 0.25) is 0 Å². The Labute approximate surface area is 195 Å². The van der Waals surface area contributed by atoms with Crippen LogP contribution >= 0.6 is 15.9 Å². The summed E-state index contributed by atoms with van der Waals surface area (Å²) in [6.45, 7) is 1.90. The van der Waals surface area contributed by atoms with Crippen molar-refractivity contribution in [2.24, 2.45) is 11.8 Å². The molecule has 2 N–H and O–H groups in total. The summed E-state index contributed by atoms with van der Waals surface area (Å²) >= 11 is 3.64. The lowest BCUT2D eigenvalue weighted by molar-refractivity contribution is -0.151. The molecule has 2 aromatic carbocycles. The van der Waals surface area contributed by atoms with Crippen molar-refractivity contribution in [2.45, 2.75) is 19.4 Å². The number of allylic oxidation sites excluding steroid dienone is 1. The summed E-state index contributed by atoms with van der Waals surface area (Å²) in [5.41, 5.74) is 3.83. The number of ether oxygens (including phenoxy) is 3. The Morgan fingerprint density at radius 1 is 1.06 bits per heavy atom. The predicted molar refractivity (Wildman–Crippen MR) is 125 cm³/mol. The van der Waals surface area contributed by atoms with Crippen LogP contribution in [0.15, 0.2) is 52.1 Å². The quantitative estimate of drug-likeness (QED) is 0.464. The van der Waals surface area contributed by atoms with E-state index in [4.69, 9.17) is 14.2 Å². The minimum atomic E-state index is -0.856. The van der Waals surface area contributed by atoms with Gasteiger partial charge in [-0.15, -0.1) is 0 Å². The fraction of sp³-hybridized carbons (Fsp3) is 0.333. The van der Waals surface area contributed by atoms with Gasteiger partial charge in [0, 0.05) is 15.7 Å². The van der Waals surface area contributed by atoms with E-state index in [-0.39, 0.29) is 11.7 Å². The first-order valence-corrected chi connectivity index (χ1v) is 11.1. The van der Waals surface area contributed by atoms with Gasteiger partial charge < -0.3 is 24.8 Å². The number of anilines is 2. The number of benzene rings is 2. The molecule has 4 rings (SSSR count). The van der Waals surface area contributed by atoms with Crippen molar-refractivity contribution in [3.63, 3.8) is 0 Å². The van der Waals surface area contributed by atoms with E-state index in [1.165, 1.54) is 7.11 Å². The Kier molecular flexibility index (Phi) is 6.15. The average molecular weight is 501 g/mol. The van der Waals surface area contributed by atoms with Crippen molar-refractivity contribution in [2.75, 3.05) is 32.0 Å². The molecular formula is C24H25BrN2O5. The largest absolute Gasteiger partial charge is 0.493 e. The van der Waals surface area contributed by atoms with Crippen molar-refractivity contribution >= 4 is 39.1 Å². The van der Waals surface area contributed by atoms with E-state index >= 15 is 0 Å². The molecule has 0 spiro atoms. The van der Waals surface area contributed by atoms with Gasteiger partial charge in [-0.1, -0.05) is 35.0 Å². The maximum absolute atomic E-state index is 13.7. The Bertz CT molecular complexity index is 1110. The number of carbonyl (C=O) groups is 2. The molecule has 0 saturated carbocycles. The number of carbonyl (C=O) groups excluding carboxylic acids is 2. The fourth-order valence-corrected chi connectivity index (χ4v) is 5.01. The minimum absolute atomic E-state index is 0.194. The van der Waals surface area contributed by atoms with Gasteiger partial charge in [0.05, 0.1) is 38.7 Å². The number of esters is 1. The molecule has 0 radical (unpaired) electrons. The number of hydrogen-bond donors (Lipinski definition) is 2. The summed E-state index contributed by atoms with van der Waals surface area (Å²) in [6.07, 6.45) is 0.540. The molecule has 1 aliphatic carbocycles. The van der Waals surface area contributed by atoms with Crippen LogP contribution in [0.1, 0.15) is 24.9 Å². The van der Waals surface area contributed by atoms with Gasteiger partial charge in [0.25, 0.3) is 0 Å². The van der Waals surface area contributed by atoms with Crippen LogP contribution < -0.4 is 20.1 Å². The highest BCUT2D eigenvalue weighted by Gasteiger charge is 2.44. The molecule has 2 aliphatic rings. The molecule has 0 amide bonds. The zero-order valence-electron chi connectivity index (χ0n) is 18.3. The number of fused-ring (bicyclic) bond motifs is 1. The summed E-state index contributed by atoms with van der Waals surface area (Å²) in [4.78, 5) is 26.2.